The minimum Gasteiger partial charge on any atom is -0.459 e. The smallest absolute Gasteiger partial charge is 0.338 e. The lowest BCUT2D eigenvalue weighted by Gasteiger charge is -2.47. The molecule has 2 aromatic carbocycles. The van der Waals surface area contributed by atoms with Gasteiger partial charge in [0.1, 0.15) is 18.8 Å². The van der Waals surface area contributed by atoms with Gasteiger partial charge in [0.05, 0.1) is 23.8 Å². The number of benzene rings is 2. The van der Waals surface area contributed by atoms with Gasteiger partial charge in [0.25, 0.3) is 0 Å². The van der Waals surface area contributed by atoms with Crippen molar-refractivity contribution in [3.63, 3.8) is 0 Å². The van der Waals surface area contributed by atoms with E-state index in [0.717, 1.165) is 47.5 Å². The third-order valence-electron chi connectivity index (χ3n) is 11.2. The second-order valence-corrected chi connectivity index (χ2v) is 18.6. The lowest BCUT2D eigenvalue weighted by Crippen LogP contribution is -2.65. The maximum Gasteiger partial charge on any atom is 0.338 e. The minimum absolute atomic E-state index is 0.0785. The molecule has 20 heteroatoms. The topological polar surface area (TPSA) is 221 Å². The van der Waals surface area contributed by atoms with Gasteiger partial charge in [-0.1, -0.05) is 59.1 Å². The number of hydrogen-bond donors (Lipinski definition) is 0. The van der Waals surface area contributed by atoms with Crippen LogP contribution in [-0.2, 0) is 76.1 Å². The molecule has 1 saturated carbocycles. The maximum absolute atomic E-state index is 13.7. The summed E-state index contributed by atoms with van der Waals surface area (Å²) in [5, 5.41) is 0. The largest absolute Gasteiger partial charge is 0.459 e. The number of hydrogen-bond acceptors (Lipinski definition) is 18. The molecule has 0 N–H and O–H groups in total. The molecule has 0 spiro atoms. The lowest BCUT2D eigenvalue weighted by atomic mass is 9.75. The average Bonchev–Trinajstić information content (AvgIpc) is 3.22. The molecule has 0 amide bonds. The van der Waals surface area contributed by atoms with Crippen molar-refractivity contribution in [3.05, 3.63) is 68.6 Å². The Morgan fingerprint density at radius 2 is 0.985 bits per heavy atom. The molecule has 0 aromatic heterocycles. The van der Waals surface area contributed by atoms with Crippen LogP contribution in [0.15, 0.2) is 57.5 Å². The van der Waals surface area contributed by atoms with Crippen LogP contribution in [0.2, 0.25) is 0 Å². The van der Waals surface area contributed by atoms with E-state index in [1.54, 1.807) is 24.3 Å². The number of halogens is 2. The van der Waals surface area contributed by atoms with E-state index in [9.17, 15) is 33.6 Å². The summed E-state index contributed by atoms with van der Waals surface area (Å²) in [7, 11) is 0. The van der Waals surface area contributed by atoms with Gasteiger partial charge in [0.15, 0.2) is 49.2 Å². The lowest BCUT2D eigenvalue weighted by molar-refractivity contribution is -0.341. The van der Waals surface area contributed by atoms with Gasteiger partial charge in [-0.15, -0.1) is 0 Å². The molecule has 2 heterocycles. The van der Waals surface area contributed by atoms with E-state index in [-0.39, 0.29) is 35.0 Å². The first kappa shape index (κ1) is 52.5. The molecule has 66 heavy (non-hydrogen) atoms. The zero-order valence-electron chi connectivity index (χ0n) is 37.8. The van der Waals surface area contributed by atoms with E-state index in [0.29, 0.717) is 15.4 Å². The monoisotopic (exact) mass is 1050 g/mol. The third-order valence-corrected chi connectivity index (χ3v) is 12.2. The highest BCUT2D eigenvalue weighted by atomic mass is 79.9. The second-order valence-electron chi connectivity index (χ2n) is 16.8. The standard InChI is InChI=1S/C46H56Br2O18/c1-22(2)33-18-9-23(3)19-34(33)63-46-42(62-28(8)53)39(59-25(5)50)37(58-24(4)49)36(65-46)21-57-45-41(61-27(7)52)40(60-26(6)51)38(66-44(55)30-12-16-32(48)17-13-30)35(64-45)20-56-43(54)29-10-14-31(47)15-11-29/h10-17,22-23,33-42,45-46H,9,18-21H2,1-8H3/t23-,33+,34-,35-,36-,37-,38-,39+,40+,41-,42-,45-,46+/m1/s1. The van der Waals surface area contributed by atoms with Crippen molar-refractivity contribution < 1.29 is 85.7 Å². The van der Waals surface area contributed by atoms with Crippen molar-refractivity contribution in [1.29, 1.82) is 0 Å². The molecule has 18 nitrogen and oxygen atoms in total. The summed E-state index contributed by atoms with van der Waals surface area (Å²) >= 11 is 6.66. The molecule has 362 valence electrons. The summed E-state index contributed by atoms with van der Waals surface area (Å²) in [6.45, 7) is 10.6. The molecule has 13 atom stereocenters. The van der Waals surface area contributed by atoms with Gasteiger partial charge in [-0.3, -0.25) is 24.0 Å². The van der Waals surface area contributed by atoms with Crippen LogP contribution in [0.1, 0.15) is 95.4 Å². The van der Waals surface area contributed by atoms with E-state index in [1.807, 2.05) is 0 Å². The van der Waals surface area contributed by atoms with Crippen molar-refractivity contribution in [2.24, 2.45) is 17.8 Å². The molecule has 5 rings (SSSR count). The maximum atomic E-state index is 13.7. The molecule has 3 aliphatic rings. The summed E-state index contributed by atoms with van der Waals surface area (Å²) in [5.74, 6) is -5.27. The van der Waals surface area contributed by atoms with Gasteiger partial charge in [0, 0.05) is 43.6 Å². The van der Waals surface area contributed by atoms with Crippen molar-refractivity contribution in [3.8, 4) is 0 Å². The average molecular weight is 1060 g/mol. The predicted octanol–water partition coefficient (Wildman–Crippen LogP) is 6.20. The number of carbonyl (C=O) groups is 7. The van der Waals surface area contributed by atoms with Crippen molar-refractivity contribution in [2.45, 2.75) is 142 Å². The normalized spacial score (nSPS) is 29.7. The van der Waals surface area contributed by atoms with E-state index < -0.39 is 116 Å². The first-order chi connectivity index (χ1) is 31.2. The van der Waals surface area contributed by atoms with Gasteiger partial charge in [-0.25, -0.2) is 9.59 Å². The first-order valence-corrected chi connectivity index (χ1v) is 23.1. The predicted molar refractivity (Wildman–Crippen MR) is 235 cm³/mol. The number of ether oxygens (including phenoxy) is 11. The van der Waals surface area contributed by atoms with Crippen LogP contribution >= 0.6 is 31.9 Å². The summed E-state index contributed by atoms with van der Waals surface area (Å²) in [4.78, 5) is 90.6. The van der Waals surface area contributed by atoms with Crippen LogP contribution in [0, 0.1) is 17.8 Å². The zero-order chi connectivity index (χ0) is 48.4. The molecule has 2 aromatic rings. The fourth-order valence-electron chi connectivity index (χ4n) is 8.27. The second kappa shape index (κ2) is 24.0. The highest BCUT2D eigenvalue weighted by Gasteiger charge is 2.56. The van der Waals surface area contributed by atoms with Crippen LogP contribution in [0.4, 0.5) is 0 Å². The highest BCUT2D eigenvalue weighted by molar-refractivity contribution is 9.10. The van der Waals surface area contributed by atoms with E-state index in [4.69, 9.17) is 52.1 Å². The molecule has 2 saturated heterocycles. The van der Waals surface area contributed by atoms with Gasteiger partial charge in [-0.2, -0.15) is 0 Å². The highest BCUT2D eigenvalue weighted by Crippen LogP contribution is 2.39. The van der Waals surface area contributed by atoms with Crippen molar-refractivity contribution >= 4 is 73.6 Å². The Morgan fingerprint density at radius 1 is 0.561 bits per heavy atom. The van der Waals surface area contributed by atoms with E-state index in [2.05, 4.69) is 52.6 Å². The van der Waals surface area contributed by atoms with Gasteiger partial charge in [0.2, 0.25) is 0 Å². The number of esters is 7. The van der Waals surface area contributed by atoms with E-state index >= 15 is 0 Å². The zero-order valence-corrected chi connectivity index (χ0v) is 41.0. The summed E-state index contributed by atoms with van der Waals surface area (Å²) in [5.41, 5.74) is 0.256. The van der Waals surface area contributed by atoms with Crippen molar-refractivity contribution in [1.82, 2.24) is 0 Å². The summed E-state index contributed by atoms with van der Waals surface area (Å²) in [6.07, 6.45) is -13.2. The summed E-state index contributed by atoms with van der Waals surface area (Å²) < 4.78 is 67.4. The van der Waals surface area contributed by atoms with Gasteiger partial charge < -0.3 is 52.1 Å². The fourth-order valence-corrected chi connectivity index (χ4v) is 8.80. The number of rotatable bonds is 16. The Morgan fingerprint density at radius 3 is 1.48 bits per heavy atom. The molecule has 0 radical (unpaired) electrons. The minimum atomic E-state index is -1.71. The third kappa shape index (κ3) is 14.5. The molecule has 0 bridgehead atoms. The summed E-state index contributed by atoms with van der Waals surface area (Å²) in [6, 6.07) is 12.4. The Bertz CT molecular complexity index is 2030. The molecular formula is C46H56Br2O18. The molecule has 3 fully saturated rings. The first-order valence-electron chi connectivity index (χ1n) is 21.5. The van der Waals surface area contributed by atoms with Crippen LogP contribution in [0.3, 0.4) is 0 Å². The fraction of sp³-hybridized carbons (Fsp3) is 0.587. The Balaban J connectivity index is 1.54. The quantitative estimate of drug-likeness (QED) is 0.135. The van der Waals surface area contributed by atoms with Gasteiger partial charge >= 0.3 is 41.8 Å². The van der Waals surface area contributed by atoms with Crippen LogP contribution in [0.25, 0.3) is 0 Å². The van der Waals surface area contributed by atoms with Crippen LogP contribution < -0.4 is 0 Å². The molecule has 2 aliphatic heterocycles. The van der Waals surface area contributed by atoms with E-state index in [1.165, 1.54) is 24.3 Å². The Kier molecular flexibility index (Phi) is 19.1. The Hall–Kier alpha value is -4.47. The van der Waals surface area contributed by atoms with Crippen LogP contribution in [0.5, 0.6) is 0 Å². The Labute approximate surface area is 399 Å². The molecule has 1 aliphatic carbocycles. The molecular weight excluding hydrogens is 1000 g/mol. The van der Waals surface area contributed by atoms with Crippen LogP contribution in [-0.4, -0.2) is 123 Å². The van der Waals surface area contributed by atoms with Crippen molar-refractivity contribution in [2.75, 3.05) is 13.2 Å². The number of carbonyl (C=O) groups excluding carboxylic acids is 7. The van der Waals surface area contributed by atoms with Gasteiger partial charge in [-0.05, 0) is 79.1 Å². The molecule has 0 unspecified atom stereocenters. The SMILES string of the molecule is CC(=O)O[C@@H]1[C@@H](OC(C)=O)[C@@H](O[C@@H]2C[C@H](C)CC[C@H]2C(C)C)O[C@H](CO[C@@H]2O[C@H](COC(=O)c3ccc(Br)cc3)[C@@H](OC(=O)c3ccc(Br)cc3)[C@H](OC(C)=O)[C@H]2OC(C)=O)[C@H]1OC(C)=O.